The second kappa shape index (κ2) is 11.9. The Hall–Kier alpha value is -3.00. The molecule has 7 nitrogen and oxygen atoms in total. The average Bonchev–Trinajstić information content (AvgIpc) is 2.76. The molecular weight excluding hydrogens is 404 g/mol. The summed E-state index contributed by atoms with van der Waals surface area (Å²) in [4.78, 5) is 37.2. The van der Waals surface area contributed by atoms with Gasteiger partial charge in [-0.1, -0.05) is 48.5 Å². The minimum atomic E-state index is -1.32. The van der Waals surface area contributed by atoms with E-state index >= 15 is 0 Å². The highest BCUT2D eigenvalue weighted by Crippen LogP contribution is 2.09. The van der Waals surface area contributed by atoms with Crippen LogP contribution in [-0.4, -0.2) is 46.9 Å². The van der Waals surface area contributed by atoms with Gasteiger partial charge in [0.25, 0.3) is 0 Å². The van der Waals surface area contributed by atoms with Crippen LogP contribution in [0, 0.1) is 0 Å². The lowest BCUT2D eigenvalue weighted by atomic mass is 10.0. The van der Waals surface area contributed by atoms with E-state index in [4.69, 9.17) is 4.74 Å². The second-order valence-corrected chi connectivity index (χ2v) is 8.25. The van der Waals surface area contributed by atoms with Crippen LogP contribution in [0.25, 0.3) is 0 Å². The van der Waals surface area contributed by atoms with Gasteiger partial charge in [-0.05, 0) is 24.1 Å². The number of hydrogen-bond acceptors (Lipinski definition) is 5. The van der Waals surface area contributed by atoms with Crippen molar-refractivity contribution in [1.82, 2.24) is 10.6 Å². The second-order valence-electron chi connectivity index (χ2n) is 6.68. The average molecular weight is 431 g/mol. The summed E-state index contributed by atoms with van der Waals surface area (Å²) in [7, 11) is -0.0904. The first kappa shape index (κ1) is 23.3. The highest BCUT2D eigenvalue weighted by molar-refractivity contribution is 7.85. The first-order chi connectivity index (χ1) is 14.4. The fourth-order valence-corrected chi connectivity index (χ4v) is 4.03. The molecule has 2 aromatic carbocycles. The molecule has 0 radical (unpaired) electrons. The smallest absolute Gasteiger partial charge is 0.328 e. The Kier molecular flexibility index (Phi) is 9.21. The fraction of sp³-hybridized carbons (Fsp3) is 0.318. The number of methoxy groups -OCH3 is 1. The Morgan fingerprint density at radius 1 is 0.933 bits per heavy atom. The number of hydrogen-bond donors (Lipinski definition) is 2. The van der Waals surface area contributed by atoms with E-state index in [0.29, 0.717) is 4.90 Å². The molecule has 2 N–H and O–H groups in total. The maximum Gasteiger partial charge on any atom is 0.328 e. The molecule has 2 aromatic rings. The van der Waals surface area contributed by atoms with E-state index < -0.39 is 34.8 Å². The number of esters is 1. The molecule has 2 amide bonds. The Morgan fingerprint density at radius 3 is 2.10 bits per heavy atom. The topological polar surface area (TPSA) is 102 Å². The quantitative estimate of drug-likeness (QED) is 0.558. The first-order valence-corrected chi connectivity index (χ1v) is 10.8. The van der Waals surface area contributed by atoms with Crippen LogP contribution >= 0.6 is 0 Å². The van der Waals surface area contributed by atoms with Crippen molar-refractivity contribution < 1.29 is 23.3 Å². The molecular formula is C22H26N2O5S. The minimum absolute atomic E-state index is 0.137. The molecule has 2 rings (SSSR count). The zero-order valence-electron chi connectivity index (χ0n) is 17.0. The Morgan fingerprint density at radius 2 is 1.53 bits per heavy atom. The van der Waals surface area contributed by atoms with Crippen LogP contribution < -0.4 is 10.6 Å². The molecule has 30 heavy (non-hydrogen) atoms. The minimum Gasteiger partial charge on any atom is -0.467 e. The van der Waals surface area contributed by atoms with Gasteiger partial charge < -0.3 is 15.4 Å². The van der Waals surface area contributed by atoms with Crippen molar-refractivity contribution in [3.8, 4) is 0 Å². The summed E-state index contributed by atoms with van der Waals surface area (Å²) in [6.07, 6.45) is 0.411. The Labute approximate surface area is 178 Å². The third-order valence-corrected chi connectivity index (χ3v) is 5.78. The summed E-state index contributed by atoms with van der Waals surface area (Å²) in [5.74, 6) is -1.32. The van der Waals surface area contributed by atoms with Gasteiger partial charge in [-0.15, -0.1) is 0 Å². The zero-order chi connectivity index (χ0) is 21.9. The van der Waals surface area contributed by atoms with Crippen molar-refractivity contribution in [3.05, 3.63) is 66.2 Å². The summed E-state index contributed by atoms with van der Waals surface area (Å²) < 4.78 is 17.2. The number of nitrogens with one attached hydrogen (secondary N) is 2. The Bertz CT molecular complexity index is 874. The highest BCUT2D eigenvalue weighted by Gasteiger charge is 2.27. The molecule has 0 aromatic heterocycles. The zero-order valence-corrected chi connectivity index (χ0v) is 17.8. The summed E-state index contributed by atoms with van der Waals surface area (Å²) in [6, 6.07) is 16.3. The molecule has 0 bridgehead atoms. The monoisotopic (exact) mass is 430 g/mol. The van der Waals surface area contributed by atoms with E-state index in [1.807, 2.05) is 36.4 Å². The summed E-state index contributed by atoms with van der Waals surface area (Å²) in [5, 5.41) is 5.26. The van der Waals surface area contributed by atoms with Crippen molar-refractivity contribution in [2.24, 2.45) is 0 Å². The van der Waals surface area contributed by atoms with Crippen LogP contribution in [0.4, 0.5) is 0 Å². The lowest BCUT2D eigenvalue weighted by molar-refractivity contribution is -0.145. The molecule has 0 spiro atoms. The maximum atomic E-state index is 12.8. The molecule has 0 aliphatic rings. The van der Waals surface area contributed by atoms with Gasteiger partial charge in [0, 0.05) is 24.0 Å². The summed E-state index contributed by atoms with van der Waals surface area (Å²) in [6.45, 7) is 1.33. The van der Waals surface area contributed by atoms with Crippen LogP contribution in [0.2, 0.25) is 0 Å². The standard InChI is InChI=1S/C22H26N2O5S/c1-16(25)23-20(15-17-9-5-3-6-10-17)21(26)24-19(22(27)29-2)13-14-30(28)18-11-7-4-8-12-18/h3-12,19-20H,13-15H2,1-2H3,(H,23,25)(H,24,26)/t19-,20+,30-/m0/s1. The SMILES string of the molecule is COC(=O)[C@H](CC[S@](=O)c1ccccc1)NC(=O)[C@@H](Cc1ccccc1)NC(C)=O. The van der Waals surface area contributed by atoms with Crippen LogP contribution in [-0.2, 0) is 36.3 Å². The van der Waals surface area contributed by atoms with Gasteiger partial charge in [0.2, 0.25) is 11.8 Å². The predicted octanol–water partition coefficient (Wildman–Crippen LogP) is 1.59. The van der Waals surface area contributed by atoms with Crippen molar-refractivity contribution in [3.63, 3.8) is 0 Å². The largest absolute Gasteiger partial charge is 0.467 e. The molecule has 0 saturated carbocycles. The molecule has 160 valence electrons. The van der Waals surface area contributed by atoms with Crippen LogP contribution in [0.3, 0.4) is 0 Å². The van der Waals surface area contributed by atoms with Gasteiger partial charge >= 0.3 is 5.97 Å². The van der Waals surface area contributed by atoms with Crippen molar-refractivity contribution in [2.75, 3.05) is 12.9 Å². The van der Waals surface area contributed by atoms with Gasteiger partial charge in [-0.2, -0.15) is 0 Å². The number of carbonyl (C=O) groups is 3. The molecule has 0 fully saturated rings. The van der Waals surface area contributed by atoms with Gasteiger partial charge in [0.05, 0.1) is 17.9 Å². The lowest BCUT2D eigenvalue weighted by Crippen LogP contribution is -2.52. The first-order valence-electron chi connectivity index (χ1n) is 9.53. The normalized spacial score (nSPS) is 13.5. The van der Waals surface area contributed by atoms with Gasteiger partial charge in [0.15, 0.2) is 0 Å². The highest BCUT2D eigenvalue weighted by atomic mass is 32.2. The third kappa shape index (κ3) is 7.44. The van der Waals surface area contributed by atoms with E-state index in [-0.39, 0.29) is 24.5 Å². The third-order valence-electron chi connectivity index (χ3n) is 4.38. The number of ether oxygens (including phenoxy) is 1. The van der Waals surface area contributed by atoms with Crippen molar-refractivity contribution in [2.45, 2.75) is 36.7 Å². The molecule has 0 unspecified atom stereocenters. The van der Waals surface area contributed by atoms with E-state index in [9.17, 15) is 18.6 Å². The number of rotatable bonds is 10. The van der Waals surface area contributed by atoms with Crippen molar-refractivity contribution >= 4 is 28.6 Å². The molecule has 0 aliphatic heterocycles. The Balaban J connectivity index is 2.06. The predicted molar refractivity (Wildman–Crippen MR) is 114 cm³/mol. The van der Waals surface area contributed by atoms with Gasteiger partial charge in [-0.3, -0.25) is 13.8 Å². The molecule has 8 heteroatoms. The van der Waals surface area contributed by atoms with E-state index in [2.05, 4.69) is 10.6 Å². The van der Waals surface area contributed by atoms with E-state index in [0.717, 1.165) is 5.56 Å². The van der Waals surface area contributed by atoms with Crippen molar-refractivity contribution in [1.29, 1.82) is 0 Å². The van der Waals surface area contributed by atoms with Crippen LogP contribution in [0.5, 0.6) is 0 Å². The number of amides is 2. The van der Waals surface area contributed by atoms with E-state index in [1.54, 1.807) is 24.3 Å². The summed E-state index contributed by atoms with van der Waals surface area (Å²) >= 11 is 0. The van der Waals surface area contributed by atoms with Crippen LogP contribution in [0.15, 0.2) is 65.6 Å². The maximum absolute atomic E-state index is 12.8. The summed E-state index contributed by atoms with van der Waals surface area (Å²) in [5.41, 5.74) is 0.867. The molecule has 3 atom stereocenters. The molecule has 0 aliphatic carbocycles. The van der Waals surface area contributed by atoms with E-state index in [1.165, 1.54) is 14.0 Å². The number of carbonyl (C=O) groups excluding carboxylic acids is 3. The molecule has 0 heterocycles. The van der Waals surface area contributed by atoms with Gasteiger partial charge in [-0.25, -0.2) is 4.79 Å². The fourth-order valence-electron chi connectivity index (χ4n) is 2.88. The number of benzene rings is 2. The van der Waals surface area contributed by atoms with Crippen LogP contribution in [0.1, 0.15) is 18.9 Å². The molecule has 0 saturated heterocycles. The van der Waals surface area contributed by atoms with Gasteiger partial charge in [0.1, 0.15) is 12.1 Å². The lowest BCUT2D eigenvalue weighted by Gasteiger charge is -2.22.